The second-order valence-corrected chi connectivity index (χ2v) is 4.28. The monoisotopic (exact) mass is 170 g/mol. The van der Waals surface area contributed by atoms with Crippen LogP contribution in [0, 0.1) is 0 Å². The van der Waals surface area contributed by atoms with Crippen LogP contribution in [0.1, 0.15) is 6.92 Å². The molecule has 0 aromatic carbocycles. The van der Waals surface area contributed by atoms with Crippen LogP contribution in [0.4, 0.5) is 4.79 Å². The van der Waals surface area contributed by atoms with Crippen molar-refractivity contribution in [2.75, 3.05) is 5.75 Å². The topological polar surface area (TPSA) is 74.6 Å². The first-order valence-corrected chi connectivity index (χ1v) is 4.81. The zero-order chi connectivity index (χ0) is 7.49. The minimum Gasteiger partial charge on any atom is -0.318 e. The highest BCUT2D eigenvalue weighted by Gasteiger charge is 2.24. The summed E-state index contributed by atoms with van der Waals surface area (Å²) >= 11 is 0.636. The fourth-order valence-corrected chi connectivity index (χ4v) is 1.51. The van der Waals surface area contributed by atoms with Gasteiger partial charge in [0.1, 0.15) is 0 Å². The van der Waals surface area contributed by atoms with E-state index in [2.05, 4.69) is 0 Å². The lowest BCUT2D eigenvalue weighted by Crippen LogP contribution is -1.89. The van der Waals surface area contributed by atoms with Crippen LogP contribution < -0.4 is 0 Å². The Morgan fingerprint density at radius 3 is 2.22 bits per heavy atom. The third kappa shape index (κ3) is 3.70. The van der Waals surface area contributed by atoms with Crippen LogP contribution >= 0.6 is 19.4 Å². The predicted molar refractivity (Wildman–Crippen MR) is 35.6 cm³/mol. The van der Waals surface area contributed by atoms with Crippen LogP contribution in [-0.2, 0) is 4.57 Å². The second kappa shape index (κ2) is 3.37. The van der Waals surface area contributed by atoms with Gasteiger partial charge in [-0.25, -0.2) is 0 Å². The molecule has 0 fully saturated rings. The van der Waals surface area contributed by atoms with Crippen molar-refractivity contribution in [3.8, 4) is 0 Å². The molecule has 0 radical (unpaired) electrons. The summed E-state index contributed by atoms with van der Waals surface area (Å²) in [4.78, 5) is 25.5. The van der Waals surface area contributed by atoms with Gasteiger partial charge in [0.25, 0.3) is 4.86 Å². The van der Waals surface area contributed by atoms with Gasteiger partial charge in [0, 0.05) is 0 Å². The van der Waals surface area contributed by atoms with E-state index in [0.29, 0.717) is 17.5 Å². The van der Waals surface area contributed by atoms with Gasteiger partial charge in [-0.15, -0.1) is 0 Å². The minimum absolute atomic E-state index is 0.393. The highest BCUT2D eigenvalue weighted by atomic mass is 32.2. The Balaban J connectivity index is 3.90. The van der Waals surface area contributed by atoms with Crippen LogP contribution in [0.5, 0.6) is 0 Å². The van der Waals surface area contributed by atoms with Gasteiger partial charge in [-0.1, -0.05) is 18.7 Å². The first kappa shape index (κ1) is 9.17. The third-order valence-electron chi connectivity index (χ3n) is 0.506. The maximum absolute atomic E-state index is 10.3. The van der Waals surface area contributed by atoms with Crippen LogP contribution in [0.3, 0.4) is 0 Å². The molecule has 0 aromatic rings. The largest absolute Gasteiger partial charge is 0.402 e. The van der Waals surface area contributed by atoms with Crippen molar-refractivity contribution in [2.24, 2.45) is 0 Å². The molecule has 0 spiro atoms. The van der Waals surface area contributed by atoms with Gasteiger partial charge in [-0.3, -0.25) is 9.36 Å². The van der Waals surface area contributed by atoms with E-state index >= 15 is 0 Å². The normalized spacial score (nSPS) is 11.4. The molecule has 0 aliphatic rings. The quantitative estimate of drug-likeness (QED) is 0.605. The Morgan fingerprint density at radius 2 is 2.11 bits per heavy atom. The maximum atomic E-state index is 10.3. The van der Waals surface area contributed by atoms with E-state index in [0.717, 1.165) is 0 Å². The van der Waals surface area contributed by atoms with Crippen molar-refractivity contribution in [1.29, 1.82) is 0 Å². The average molecular weight is 170 g/mol. The van der Waals surface area contributed by atoms with Crippen LogP contribution in [0.15, 0.2) is 0 Å². The van der Waals surface area contributed by atoms with Gasteiger partial charge in [0.15, 0.2) is 0 Å². The van der Waals surface area contributed by atoms with Crippen LogP contribution in [-0.4, -0.2) is 20.4 Å². The Kier molecular flexibility index (Phi) is 3.43. The van der Waals surface area contributed by atoms with Crippen molar-refractivity contribution in [3.05, 3.63) is 0 Å². The van der Waals surface area contributed by atoms with Gasteiger partial charge in [0.2, 0.25) is 0 Å². The molecule has 54 valence electrons. The number of carbonyl (C=O) groups is 1. The lowest BCUT2D eigenvalue weighted by molar-refractivity contribution is 0.266. The van der Waals surface area contributed by atoms with E-state index in [1.807, 2.05) is 0 Å². The summed E-state index contributed by atoms with van der Waals surface area (Å²) < 4.78 is 10.0. The molecule has 0 saturated heterocycles. The molecular formula is C3H7O4PS. The summed E-state index contributed by atoms with van der Waals surface area (Å²) in [6.45, 7) is 1.65. The molecule has 0 heterocycles. The minimum atomic E-state index is -4.45. The molecule has 0 saturated carbocycles. The van der Waals surface area contributed by atoms with E-state index < -0.39 is 12.5 Å². The first-order chi connectivity index (χ1) is 3.98. The summed E-state index contributed by atoms with van der Waals surface area (Å²) in [5.41, 5.74) is 0. The molecule has 4 nitrogen and oxygen atoms in total. The van der Waals surface area contributed by atoms with Gasteiger partial charge < -0.3 is 9.79 Å². The number of rotatable bonds is 2. The fourth-order valence-electron chi connectivity index (χ4n) is 0.208. The van der Waals surface area contributed by atoms with E-state index in [-0.39, 0.29) is 0 Å². The molecular weight excluding hydrogens is 163 g/mol. The van der Waals surface area contributed by atoms with E-state index in [1.165, 1.54) is 0 Å². The van der Waals surface area contributed by atoms with Crippen molar-refractivity contribution in [1.82, 2.24) is 0 Å². The Morgan fingerprint density at radius 1 is 1.67 bits per heavy atom. The third-order valence-corrected chi connectivity index (χ3v) is 2.62. The Hall–Kier alpha value is 0.170. The van der Waals surface area contributed by atoms with E-state index in [1.54, 1.807) is 6.92 Å². The second-order valence-electron chi connectivity index (χ2n) is 1.24. The molecule has 0 rings (SSSR count). The lowest BCUT2D eigenvalue weighted by Gasteiger charge is -1.97. The van der Waals surface area contributed by atoms with Crippen molar-refractivity contribution >= 4 is 24.2 Å². The zero-order valence-corrected chi connectivity index (χ0v) is 6.48. The van der Waals surface area contributed by atoms with Gasteiger partial charge in [-0.05, 0) is 5.75 Å². The summed E-state index contributed by atoms with van der Waals surface area (Å²) in [6.07, 6.45) is 0. The smallest absolute Gasteiger partial charge is 0.318 e. The van der Waals surface area contributed by atoms with Gasteiger partial charge in [0.05, 0.1) is 0 Å². The van der Waals surface area contributed by atoms with Crippen molar-refractivity contribution in [2.45, 2.75) is 6.92 Å². The Bertz CT molecular complexity index is 150. The summed E-state index contributed by atoms with van der Waals surface area (Å²) in [5.74, 6) is 0.393. The fraction of sp³-hybridized carbons (Fsp3) is 0.667. The number of carbonyl (C=O) groups excluding carboxylic acids is 1. The van der Waals surface area contributed by atoms with Gasteiger partial charge in [-0.2, -0.15) is 0 Å². The van der Waals surface area contributed by atoms with E-state index in [9.17, 15) is 9.36 Å². The van der Waals surface area contributed by atoms with Crippen molar-refractivity contribution in [3.63, 3.8) is 0 Å². The summed E-state index contributed by atoms with van der Waals surface area (Å²) in [6, 6.07) is 0. The lowest BCUT2D eigenvalue weighted by atomic mass is 11.0. The summed E-state index contributed by atoms with van der Waals surface area (Å²) in [7, 11) is -4.45. The SMILES string of the molecule is CCSC(=O)P(=O)(O)O. The zero-order valence-electron chi connectivity index (χ0n) is 4.77. The molecule has 0 atom stereocenters. The van der Waals surface area contributed by atoms with Crippen LogP contribution in [0.2, 0.25) is 0 Å². The Labute approximate surface area is 56.8 Å². The molecule has 6 heteroatoms. The number of hydrogen-bond acceptors (Lipinski definition) is 3. The van der Waals surface area contributed by atoms with E-state index in [4.69, 9.17) is 9.79 Å². The van der Waals surface area contributed by atoms with Gasteiger partial charge >= 0.3 is 7.60 Å². The maximum Gasteiger partial charge on any atom is 0.402 e. The molecule has 0 bridgehead atoms. The molecule has 0 aromatic heterocycles. The first-order valence-electron chi connectivity index (χ1n) is 2.21. The molecule has 2 N–H and O–H groups in total. The van der Waals surface area contributed by atoms with Crippen LogP contribution in [0.25, 0.3) is 0 Å². The average Bonchev–Trinajstić information content (AvgIpc) is 1.64. The summed E-state index contributed by atoms with van der Waals surface area (Å²) in [5, 5.41) is 0. The molecule has 0 aliphatic heterocycles. The predicted octanol–water partition coefficient (Wildman–Crippen LogP) is 1.04. The molecule has 0 unspecified atom stereocenters. The molecule has 0 aliphatic carbocycles. The highest BCUT2D eigenvalue weighted by Crippen LogP contribution is 2.41. The standard InChI is InChI=1S/C3H7O4PS/c1-2-9-3(4)8(5,6)7/h2H2,1H3,(H2,5,6,7). The number of hydrogen-bond donors (Lipinski definition) is 2. The highest BCUT2D eigenvalue weighted by molar-refractivity contribution is 8.24. The molecule has 0 amide bonds. The molecule has 9 heavy (non-hydrogen) atoms. The van der Waals surface area contributed by atoms with Crippen molar-refractivity contribution < 1.29 is 19.1 Å². The number of thioether (sulfide) groups is 1.